The number of aliphatic imine (C=N–C) groups is 1. The van der Waals surface area contributed by atoms with Crippen LogP contribution in [0.4, 0.5) is 0 Å². The van der Waals surface area contributed by atoms with Gasteiger partial charge < -0.3 is 16.0 Å². The third-order valence-electron chi connectivity index (χ3n) is 3.31. The Morgan fingerprint density at radius 1 is 1.47 bits per heavy atom. The minimum atomic E-state index is -0.0134. The number of nitrogens with one attached hydrogen (secondary N) is 1. The number of amides is 1. The minimum absolute atomic E-state index is 0.0134. The molecule has 1 unspecified atom stereocenters. The van der Waals surface area contributed by atoms with Crippen LogP contribution in [-0.2, 0) is 4.79 Å². The lowest BCUT2D eigenvalue weighted by Gasteiger charge is -2.31. The number of piperidine rings is 1. The zero-order valence-electron chi connectivity index (χ0n) is 10.5. The molecule has 0 spiro atoms. The maximum absolute atomic E-state index is 11.5. The van der Waals surface area contributed by atoms with E-state index in [9.17, 15) is 4.79 Å². The average molecular weight is 238 g/mol. The largest absolute Gasteiger partial charge is 0.370 e. The number of hydrogen-bond donors (Lipinski definition) is 2. The molecule has 0 radical (unpaired) electrons. The highest BCUT2D eigenvalue weighted by atomic mass is 16.2. The van der Waals surface area contributed by atoms with E-state index in [1.165, 1.54) is 6.42 Å². The molecule has 1 aliphatic heterocycles. The number of hydrogen-bond acceptors (Lipinski definition) is 2. The second-order valence-electron chi connectivity index (χ2n) is 5.21. The standard InChI is InChI=1S/C12H22N4O/c1-9-3-2-6-16(8-9)12(13)14-7-11(17)15-10-4-5-10/h9-10H,2-8H2,1H3,(H2,13,14)(H,15,17). The van der Waals surface area contributed by atoms with Gasteiger partial charge in [-0.15, -0.1) is 0 Å². The summed E-state index contributed by atoms with van der Waals surface area (Å²) in [6.45, 7) is 4.30. The number of nitrogens with zero attached hydrogens (tertiary/aromatic N) is 2. The Morgan fingerprint density at radius 2 is 2.24 bits per heavy atom. The normalized spacial score (nSPS) is 25.8. The Labute approximate surface area is 102 Å². The first-order valence-electron chi connectivity index (χ1n) is 6.49. The summed E-state index contributed by atoms with van der Waals surface area (Å²) >= 11 is 0. The second-order valence-corrected chi connectivity index (χ2v) is 5.21. The molecule has 17 heavy (non-hydrogen) atoms. The van der Waals surface area contributed by atoms with Crippen molar-refractivity contribution in [3.8, 4) is 0 Å². The van der Waals surface area contributed by atoms with E-state index in [-0.39, 0.29) is 12.5 Å². The van der Waals surface area contributed by atoms with Crippen LogP contribution in [0, 0.1) is 5.92 Å². The van der Waals surface area contributed by atoms with Crippen molar-refractivity contribution < 1.29 is 4.79 Å². The van der Waals surface area contributed by atoms with E-state index < -0.39 is 0 Å². The molecule has 2 fully saturated rings. The van der Waals surface area contributed by atoms with Gasteiger partial charge in [0.25, 0.3) is 0 Å². The summed E-state index contributed by atoms with van der Waals surface area (Å²) < 4.78 is 0. The summed E-state index contributed by atoms with van der Waals surface area (Å²) in [6.07, 6.45) is 4.63. The summed E-state index contributed by atoms with van der Waals surface area (Å²) in [6, 6.07) is 0.397. The van der Waals surface area contributed by atoms with E-state index in [4.69, 9.17) is 5.73 Å². The summed E-state index contributed by atoms with van der Waals surface area (Å²) in [5.41, 5.74) is 5.90. The fourth-order valence-electron chi connectivity index (χ4n) is 2.15. The van der Waals surface area contributed by atoms with Crippen molar-refractivity contribution in [2.75, 3.05) is 19.6 Å². The van der Waals surface area contributed by atoms with E-state index in [1.807, 2.05) is 0 Å². The highest BCUT2D eigenvalue weighted by Gasteiger charge is 2.23. The van der Waals surface area contributed by atoms with E-state index >= 15 is 0 Å². The molecule has 1 heterocycles. The van der Waals surface area contributed by atoms with Crippen LogP contribution in [0.2, 0.25) is 0 Å². The number of rotatable bonds is 3. The first kappa shape index (κ1) is 12.2. The Hall–Kier alpha value is -1.26. The Balaban J connectivity index is 1.76. The predicted octanol–water partition coefficient (Wildman–Crippen LogP) is 0.312. The molecule has 0 bridgehead atoms. The highest BCUT2D eigenvalue weighted by molar-refractivity contribution is 5.84. The molecule has 2 rings (SSSR count). The van der Waals surface area contributed by atoms with Crippen LogP contribution in [-0.4, -0.2) is 42.4 Å². The third-order valence-corrected chi connectivity index (χ3v) is 3.31. The molecule has 1 atom stereocenters. The molecule has 0 aromatic heterocycles. The van der Waals surface area contributed by atoms with Crippen LogP contribution in [0.1, 0.15) is 32.6 Å². The van der Waals surface area contributed by atoms with Crippen LogP contribution in [0.5, 0.6) is 0 Å². The van der Waals surface area contributed by atoms with Crippen LogP contribution in [0.15, 0.2) is 4.99 Å². The van der Waals surface area contributed by atoms with E-state index in [0.29, 0.717) is 17.9 Å². The molecule has 1 aliphatic carbocycles. The van der Waals surface area contributed by atoms with Crippen molar-refractivity contribution in [2.45, 2.75) is 38.6 Å². The quantitative estimate of drug-likeness (QED) is 0.549. The minimum Gasteiger partial charge on any atom is -0.370 e. The molecule has 1 saturated heterocycles. The number of nitrogens with two attached hydrogens (primary N) is 1. The lowest BCUT2D eigenvalue weighted by atomic mass is 10.0. The molecule has 96 valence electrons. The molecule has 3 N–H and O–H groups in total. The van der Waals surface area contributed by atoms with E-state index in [0.717, 1.165) is 32.4 Å². The molecule has 0 aromatic carbocycles. The smallest absolute Gasteiger partial charge is 0.242 e. The van der Waals surface area contributed by atoms with E-state index in [1.54, 1.807) is 0 Å². The van der Waals surface area contributed by atoms with Crippen LogP contribution in [0.25, 0.3) is 0 Å². The molecule has 1 saturated carbocycles. The topological polar surface area (TPSA) is 70.7 Å². The van der Waals surface area contributed by atoms with Crippen molar-refractivity contribution in [2.24, 2.45) is 16.6 Å². The van der Waals surface area contributed by atoms with Gasteiger partial charge in [-0.05, 0) is 31.6 Å². The Kier molecular flexibility index (Phi) is 3.86. The van der Waals surface area contributed by atoms with Crippen molar-refractivity contribution in [1.82, 2.24) is 10.2 Å². The molecule has 5 nitrogen and oxygen atoms in total. The summed E-state index contributed by atoms with van der Waals surface area (Å²) in [7, 11) is 0. The molecule has 0 aromatic rings. The van der Waals surface area contributed by atoms with Gasteiger partial charge in [0.1, 0.15) is 6.54 Å². The van der Waals surface area contributed by atoms with Gasteiger partial charge in [0.05, 0.1) is 0 Å². The summed E-state index contributed by atoms with van der Waals surface area (Å²) in [4.78, 5) is 17.7. The average Bonchev–Trinajstić information content (AvgIpc) is 3.10. The van der Waals surface area contributed by atoms with Gasteiger partial charge in [-0.1, -0.05) is 6.92 Å². The molecular formula is C12H22N4O. The fourth-order valence-corrected chi connectivity index (χ4v) is 2.15. The van der Waals surface area contributed by atoms with Gasteiger partial charge in [0, 0.05) is 19.1 Å². The molecule has 5 heteroatoms. The number of carbonyl (C=O) groups is 1. The highest BCUT2D eigenvalue weighted by Crippen LogP contribution is 2.18. The second kappa shape index (κ2) is 5.38. The first-order valence-corrected chi connectivity index (χ1v) is 6.49. The Bertz CT molecular complexity index is 312. The molecule has 1 amide bonds. The van der Waals surface area contributed by atoms with E-state index in [2.05, 4.69) is 22.1 Å². The first-order chi connectivity index (χ1) is 8.15. The lowest BCUT2D eigenvalue weighted by molar-refractivity contribution is -0.119. The van der Waals surface area contributed by atoms with Gasteiger partial charge in [0.2, 0.25) is 5.91 Å². The lowest BCUT2D eigenvalue weighted by Crippen LogP contribution is -2.44. The monoisotopic (exact) mass is 238 g/mol. The van der Waals surface area contributed by atoms with Gasteiger partial charge in [-0.25, -0.2) is 4.99 Å². The maximum atomic E-state index is 11.5. The number of likely N-dealkylation sites (tertiary alicyclic amines) is 1. The van der Waals surface area contributed by atoms with Crippen molar-refractivity contribution in [3.05, 3.63) is 0 Å². The molecular weight excluding hydrogens is 216 g/mol. The fraction of sp³-hybridized carbons (Fsp3) is 0.833. The van der Waals surface area contributed by atoms with Gasteiger partial charge in [0.15, 0.2) is 5.96 Å². The van der Waals surface area contributed by atoms with Crippen LogP contribution >= 0.6 is 0 Å². The van der Waals surface area contributed by atoms with Gasteiger partial charge in [-0.2, -0.15) is 0 Å². The Morgan fingerprint density at radius 3 is 2.88 bits per heavy atom. The van der Waals surface area contributed by atoms with Crippen LogP contribution < -0.4 is 11.1 Å². The maximum Gasteiger partial charge on any atom is 0.242 e. The van der Waals surface area contributed by atoms with Gasteiger partial charge >= 0.3 is 0 Å². The van der Waals surface area contributed by atoms with Crippen molar-refractivity contribution in [1.29, 1.82) is 0 Å². The number of guanidine groups is 1. The number of carbonyl (C=O) groups excluding carboxylic acids is 1. The SMILES string of the molecule is CC1CCCN(C(N)=NCC(=O)NC2CC2)C1. The van der Waals surface area contributed by atoms with Crippen molar-refractivity contribution in [3.63, 3.8) is 0 Å². The van der Waals surface area contributed by atoms with Crippen LogP contribution in [0.3, 0.4) is 0 Å². The predicted molar refractivity (Wildman–Crippen MR) is 67.6 cm³/mol. The van der Waals surface area contributed by atoms with Crippen molar-refractivity contribution >= 4 is 11.9 Å². The zero-order chi connectivity index (χ0) is 12.3. The third kappa shape index (κ3) is 3.91. The summed E-state index contributed by atoms with van der Waals surface area (Å²) in [5.74, 6) is 1.17. The summed E-state index contributed by atoms with van der Waals surface area (Å²) in [5, 5.41) is 2.90. The zero-order valence-corrected chi connectivity index (χ0v) is 10.5. The van der Waals surface area contributed by atoms with Gasteiger partial charge in [-0.3, -0.25) is 4.79 Å². The molecule has 2 aliphatic rings.